The van der Waals surface area contributed by atoms with E-state index in [0.29, 0.717) is 6.42 Å². The Bertz CT molecular complexity index is 252. The molecule has 1 amide bonds. The SMILES string of the molecule is Cl.O=C(CC1CNCCO1)NCCC1CCCCC1. The molecule has 2 N–H and O–H groups in total. The molecule has 2 fully saturated rings. The minimum atomic E-state index is 0. The second-order valence-electron chi connectivity index (χ2n) is 5.54. The molecule has 2 aliphatic rings. The summed E-state index contributed by atoms with van der Waals surface area (Å²) in [6.07, 6.45) is 8.56. The molecule has 0 radical (unpaired) electrons. The number of rotatable bonds is 5. The van der Waals surface area contributed by atoms with Crippen LogP contribution in [0.5, 0.6) is 0 Å². The van der Waals surface area contributed by atoms with Crippen LogP contribution in [0.1, 0.15) is 44.9 Å². The molecular formula is C14H27ClN2O2. The van der Waals surface area contributed by atoms with Gasteiger partial charge in [0.2, 0.25) is 5.91 Å². The molecule has 5 heteroatoms. The molecule has 0 bridgehead atoms. The Balaban J connectivity index is 0.00000180. The topological polar surface area (TPSA) is 50.4 Å². The summed E-state index contributed by atoms with van der Waals surface area (Å²) in [5.41, 5.74) is 0. The van der Waals surface area contributed by atoms with Gasteiger partial charge in [0.1, 0.15) is 0 Å². The van der Waals surface area contributed by atoms with Crippen molar-refractivity contribution in [1.29, 1.82) is 0 Å². The van der Waals surface area contributed by atoms with Gasteiger partial charge in [-0.15, -0.1) is 12.4 Å². The first-order chi connectivity index (χ1) is 8.84. The lowest BCUT2D eigenvalue weighted by Gasteiger charge is -2.24. The van der Waals surface area contributed by atoms with E-state index in [1.54, 1.807) is 0 Å². The molecule has 0 aromatic rings. The van der Waals surface area contributed by atoms with E-state index in [2.05, 4.69) is 10.6 Å². The van der Waals surface area contributed by atoms with Crippen LogP contribution in [0.25, 0.3) is 0 Å². The molecule has 1 aliphatic carbocycles. The van der Waals surface area contributed by atoms with Gasteiger partial charge in [-0.3, -0.25) is 4.79 Å². The van der Waals surface area contributed by atoms with Gasteiger partial charge in [-0.2, -0.15) is 0 Å². The first kappa shape index (κ1) is 16.7. The molecule has 1 atom stereocenters. The Morgan fingerprint density at radius 1 is 1.26 bits per heavy atom. The van der Waals surface area contributed by atoms with Crippen molar-refractivity contribution in [1.82, 2.24) is 10.6 Å². The molecule has 1 heterocycles. The zero-order valence-corrected chi connectivity index (χ0v) is 12.5. The summed E-state index contributed by atoms with van der Waals surface area (Å²) < 4.78 is 5.52. The van der Waals surface area contributed by atoms with Gasteiger partial charge in [-0.05, 0) is 12.3 Å². The van der Waals surface area contributed by atoms with E-state index in [-0.39, 0.29) is 24.4 Å². The van der Waals surface area contributed by atoms with Crippen LogP contribution >= 0.6 is 12.4 Å². The van der Waals surface area contributed by atoms with Gasteiger partial charge in [0.05, 0.1) is 19.1 Å². The number of halogens is 1. The summed E-state index contributed by atoms with van der Waals surface area (Å²) in [5, 5.41) is 6.27. The Kier molecular flexibility index (Phi) is 8.42. The van der Waals surface area contributed by atoms with Gasteiger partial charge in [0.15, 0.2) is 0 Å². The summed E-state index contributed by atoms with van der Waals surface area (Å²) in [6.45, 7) is 3.26. The molecule has 0 aromatic heterocycles. The molecule has 1 aliphatic heterocycles. The van der Waals surface area contributed by atoms with Crippen LogP contribution in [0.15, 0.2) is 0 Å². The average molecular weight is 291 g/mol. The van der Waals surface area contributed by atoms with E-state index in [1.165, 1.54) is 32.1 Å². The summed E-state index contributed by atoms with van der Waals surface area (Å²) in [7, 11) is 0. The first-order valence-corrected chi connectivity index (χ1v) is 7.43. The predicted molar refractivity (Wildman–Crippen MR) is 78.7 cm³/mol. The molecule has 19 heavy (non-hydrogen) atoms. The lowest BCUT2D eigenvalue weighted by atomic mass is 9.87. The minimum Gasteiger partial charge on any atom is -0.375 e. The first-order valence-electron chi connectivity index (χ1n) is 7.43. The normalized spacial score (nSPS) is 24.5. The van der Waals surface area contributed by atoms with Crippen LogP contribution in [-0.4, -0.2) is 38.3 Å². The molecule has 0 aromatic carbocycles. The van der Waals surface area contributed by atoms with Crippen molar-refractivity contribution in [2.24, 2.45) is 5.92 Å². The van der Waals surface area contributed by atoms with Crippen molar-refractivity contribution in [3.63, 3.8) is 0 Å². The van der Waals surface area contributed by atoms with E-state index in [0.717, 1.165) is 38.6 Å². The zero-order valence-electron chi connectivity index (χ0n) is 11.7. The second-order valence-corrected chi connectivity index (χ2v) is 5.54. The quantitative estimate of drug-likeness (QED) is 0.813. The van der Waals surface area contributed by atoms with Gasteiger partial charge in [-0.25, -0.2) is 0 Å². The van der Waals surface area contributed by atoms with Gasteiger partial charge >= 0.3 is 0 Å². The van der Waals surface area contributed by atoms with E-state index in [9.17, 15) is 4.79 Å². The van der Waals surface area contributed by atoms with Gasteiger partial charge in [-0.1, -0.05) is 32.1 Å². The molecule has 1 saturated carbocycles. The van der Waals surface area contributed by atoms with Gasteiger partial charge in [0.25, 0.3) is 0 Å². The van der Waals surface area contributed by atoms with Crippen LogP contribution < -0.4 is 10.6 Å². The van der Waals surface area contributed by atoms with Gasteiger partial charge < -0.3 is 15.4 Å². The maximum atomic E-state index is 11.7. The second kappa shape index (κ2) is 9.56. The fourth-order valence-electron chi connectivity index (χ4n) is 2.92. The third-order valence-electron chi connectivity index (χ3n) is 4.02. The number of carbonyl (C=O) groups excluding carboxylic acids is 1. The van der Waals surface area contributed by atoms with Crippen molar-refractivity contribution >= 4 is 18.3 Å². The van der Waals surface area contributed by atoms with E-state index < -0.39 is 0 Å². The fraction of sp³-hybridized carbons (Fsp3) is 0.929. The Morgan fingerprint density at radius 3 is 2.74 bits per heavy atom. The Morgan fingerprint density at radius 2 is 2.05 bits per heavy atom. The number of amides is 1. The van der Waals surface area contributed by atoms with Crippen LogP contribution in [0, 0.1) is 5.92 Å². The third-order valence-corrected chi connectivity index (χ3v) is 4.02. The highest BCUT2D eigenvalue weighted by Gasteiger charge is 2.17. The highest BCUT2D eigenvalue weighted by atomic mass is 35.5. The summed E-state index contributed by atoms with van der Waals surface area (Å²) in [6, 6.07) is 0. The Hall–Kier alpha value is -0.320. The van der Waals surface area contributed by atoms with Gasteiger partial charge in [0, 0.05) is 19.6 Å². The molecule has 1 saturated heterocycles. The van der Waals surface area contributed by atoms with Crippen LogP contribution in [0.2, 0.25) is 0 Å². The number of nitrogens with one attached hydrogen (secondary N) is 2. The maximum absolute atomic E-state index is 11.7. The number of morpholine rings is 1. The van der Waals surface area contributed by atoms with Crippen molar-refractivity contribution in [2.75, 3.05) is 26.2 Å². The van der Waals surface area contributed by atoms with E-state index >= 15 is 0 Å². The minimum absolute atomic E-state index is 0. The van der Waals surface area contributed by atoms with Crippen molar-refractivity contribution < 1.29 is 9.53 Å². The molecule has 2 rings (SSSR count). The number of hydrogen-bond donors (Lipinski definition) is 2. The number of ether oxygens (including phenoxy) is 1. The van der Waals surface area contributed by atoms with Crippen molar-refractivity contribution in [2.45, 2.75) is 51.0 Å². The third kappa shape index (κ3) is 6.59. The van der Waals surface area contributed by atoms with Crippen LogP contribution in [-0.2, 0) is 9.53 Å². The summed E-state index contributed by atoms with van der Waals surface area (Å²) >= 11 is 0. The largest absolute Gasteiger partial charge is 0.375 e. The molecule has 0 spiro atoms. The smallest absolute Gasteiger partial charge is 0.222 e. The number of carbonyl (C=O) groups is 1. The highest BCUT2D eigenvalue weighted by Crippen LogP contribution is 2.25. The Labute approximate surface area is 122 Å². The monoisotopic (exact) mass is 290 g/mol. The highest BCUT2D eigenvalue weighted by molar-refractivity contribution is 5.85. The molecule has 1 unspecified atom stereocenters. The van der Waals surface area contributed by atoms with Crippen molar-refractivity contribution in [3.05, 3.63) is 0 Å². The lowest BCUT2D eigenvalue weighted by molar-refractivity contribution is -0.124. The van der Waals surface area contributed by atoms with Crippen LogP contribution in [0.3, 0.4) is 0 Å². The summed E-state index contributed by atoms with van der Waals surface area (Å²) in [5.74, 6) is 0.978. The van der Waals surface area contributed by atoms with E-state index in [4.69, 9.17) is 4.74 Å². The lowest BCUT2D eigenvalue weighted by Crippen LogP contribution is -2.41. The maximum Gasteiger partial charge on any atom is 0.222 e. The van der Waals surface area contributed by atoms with E-state index in [1.807, 2.05) is 0 Å². The molecule has 112 valence electrons. The molecule has 4 nitrogen and oxygen atoms in total. The summed E-state index contributed by atoms with van der Waals surface area (Å²) in [4.78, 5) is 11.7. The molecular weight excluding hydrogens is 264 g/mol. The predicted octanol–water partition coefficient (Wildman–Crippen LogP) is 1.87. The standard InChI is InChI=1S/C14H26N2O2.ClH/c17-14(10-13-11-15-8-9-18-13)16-7-6-12-4-2-1-3-5-12;/h12-13,15H,1-11H2,(H,16,17);1H. The number of hydrogen-bond acceptors (Lipinski definition) is 3. The average Bonchev–Trinajstić information content (AvgIpc) is 2.41. The van der Waals surface area contributed by atoms with Crippen LogP contribution in [0.4, 0.5) is 0 Å². The zero-order chi connectivity index (χ0) is 12.6. The van der Waals surface area contributed by atoms with Crippen molar-refractivity contribution in [3.8, 4) is 0 Å². The fourth-order valence-corrected chi connectivity index (χ4v) is 2.92.